The van der Waals surface area contributed by atoms with Crippen LogP contribution in [0.3, 0.4) is 0 Å². The Hall–Kier alpha value is -5.00. The predicted molar refractivity (Wildman–Crippen MR) is 138 cm³/mol. The Labute approximate surface area is 231 Å². The summed E-state index contributed by atoms with van der Waals surface area (Å²) in [5.74, 6) is -3.67. The van der Waals surface area contributed by atoms with Crippen molar-refractivity contribution in [2.45, 2.75) is 31.7 Å². The minimum absolute atomic E-state index is 0.0203. The Morgan fingerprint density at radius 1 is 0.927 bits per heavy atom. The minimum Gasteiger partial charge on any atom is -0.405 e. The topological polar surface area (TPSA) is 122 Å². The number of alkyl halides is 3. The van der Waals surface area contributed by atoms with Crippen LogP contribution in [0.15, 0.2) is 66.7 Å². The summed E-state index contributed by atoms with van der Waals surface area (Å²) in [6.07, 6.45) is -4.50. The predicted octanol–water partition coefficient (Wildman–Crippen LogP) is 3.63. The number of hydrogen-bond acceptors (Lipinski definition) is 6. The zero-order chi connectivity index (χ0) is 29.3. The van der Waals surface area contributed by atoms with E-state index in [4.69, 9.17) is 0 Å². The molecule has 1 unspecified atom stereocenters. The van der Waals surface area contributed by atoms with Crippen LogP contribution in [0.2, 0.25) is 0 Å². The molecule has 3 aromatic rings. The molecule has 0 aliphatic carbocycles. The third-order valence-corrected chi connectivity index (χ3v) is 6.79. The summed E-state index contributed by atoms with van der Waals surface area (Å²) in [5, 5.41) is 4.75. The van der Waals surface area contributed by atoms with E-state index in [9.17, 15) is 37.1 Å². The van der Waals surface area contributed by atoms with Gasteiger partial charge in [0.15, 0.2) is 0 Å². The molecule has 0 saturated carbocycles. The number of nitrogens with zero attached hydrogens (tertiary/aromatic N) is 1. The zero-order valence-electron chi connectivity index (χ0n) is 21.3. The Balaban J connectivity index is 1.27. The smallest absolute Gasteiger partial charge is 0.405 e. The fourth-order valence-electron chi connectivity index (χ4n) is 4.89. The standard InChI is InChI=1S/C29H22F3N3O6/c30-29(31,32)41-22-7-2-1-4-19(22)25(37)33-15-14-16-8-10-17(11-9-16)18-5-3-6-20-24(18)28(40)35(27(20)39)21-12-13-23(36)34-26(21)38/h1-11,21H,12-15H2,(H,33,37)(H,34,36,38). The molecule has 0 aromatic heterocycles. The van der Waals surface area contributed by atoms with Gasteiger partial charge < -0.3 is 10.1 Å². The quantitative estimate of drug-likeness (QED) is 0.422. The lowest BCUT2D eigenvalue weighted by Crippen LogP contribution is -2.54. The van der Waals surface area contributed by atoms with Gasteiger partial charge in [-0.05, 0) is 47.7 Å². The Morgan fingerprint density at radius 2 is 1.63 bits per heavy atom. The molecule has 3 aromatic carbocycles. The molecule has 1 fully saturated rings. The first-order chi connectivity index (χ1) is 19.5. The fraction of sp³-hybridized carbons (Fsp3) is 0.207. The number of hydrogen-bond donors (Lipinski definition) is 2. The van der Waals surface area contributed by atoms with Crippen LogP contribution in [0.5, 0.6) is 5.75 Å². The van der Waals surface area contributed by atoms with Crippen molar-refractivity contribution in [1.29, 1.82) is 0 Å². The number of halogens is 3. The molecule has 0 bridgehead atoms. The summed E-state index contributed by atoms with van der Waals surface area (Å²) in [6.45, 7) is 0.132. The monoisotopic (exact) mass is 565 g/mol. The van der Waals surface area contributed by atoms with E-state index < -0.39 is 47.7 Å². The van der Waals surface area contributed by atoms with Gasteiger partial charge in [-0.2, -0.15) is 0 Å². The lowest BCUT2D eigenvalue weighted by molar-refractivity contribution is -0.274. The Bertz CT molecular complexity index is 1570. The molecule has 2 N–H and O–H groups in total. The van der Waals surface area contributed by atoms with Gasteiger partial charge in [0.25, 0.3) is 17.7 Å². The lowest BCUT2D eigenvalue weighted by atomic mass is 9.95. The highest BCUT2D eigenvalue weighted by atomic mass is 19.4. The van der Waals surface area contributed by atoms with Gasteiger partial charge in [0.1, 0.15) is 11.8 Å². The highest BCUT2D eigenvalue weighted by Crippen LogP contribution is 2.35. The first kappa shape index (κ1) is 27.6. The molecular formula is C29H22F3N3O6. The molecule has 210 valence electrons. The van der Waals surface area contributed by atoms with Gasteiger partial charge in [0, 0.05) is 13.0 Å². The number of piperidine rings is 1. The zero-order valence-corrected chi connectivity index (χ0v) is 21.3. The number of carbonyl (C=O) groups excluding carboxylic acids is 5. The SMILES string of the molecule is O=C1CCC(N2C(=O)c3cccc(-c4ccc(CCNC(=O)c5ccccc5OC(F)(F)F)cc4)c3C2=O)C(=O)N1. The van der Waals surface area contributed by atoms with Crippen molar-refractivity contribution in [3.63, 3.8) is 0 Å². The largest absolute Gasteiger partial charge is 0.573 e. The second-order valence-corrected chi connectivity index (χ2v) is 9.42. The average molecular weight is 566 g/mol. The van der Waals surface area contributed by atoms with Gasteiger partial charge in [-0.25, -0.2) is 0 Å². The molecule has 5 rings (SSSR count). The van der Waals surface area contributed by atoms with Crippen molar-refractivity contribution in [2.24, 2.45) is 0 Å². The number of benzene rings is 3. The number of amides is 5. The summed E-state index contributed by atoms with van der Waals surface area (Å²) in [6, 6.07) is 15.8. The van der Waals surface area contributed by atoms with Crippen LogP contribution >= 0.6 is 0 Å². The highest BCUT2D eigenvalue weighted by Gasteiger charge is 2.45. The van der Waals surface area contributed by atoms with Crippen molar-refractivity contribution in [3.8, 4) is 16.9 Å². The molecule has 2 aliphatic heterocycles. The Morgan fingerprint density at radius 3 is 2.34 bits per heavy atom. The molecule has 2 aliphatic rings. The number of nitrogens with one attached hydrogen (secondary N) is 2. The van der Waals surface area contributed by atoms with E-state index in [0.29, 0.717) is 17.5 Å². The maximum atomic E-state index is 13.3. The van der Waals surface area contributed by atoms with E-state index in [2.05, 4.69) is 15.4 Å². The number of rotatable bonds is 7. The third-order valence-electron chi connectivity index (χ3n) is 6.79. The van der Waals surface area contributed by atoms with Gasteiger partial charge in [-0.3, -0.25) is 34.2 Å². The third kappa shape index (κ3) is 5.67. The first-order valence-corrected chi connectivity index (χ1v) is 12.6. The lowest BCUT2D eigenvalue weighted by Gasteiger charge is -2.27. The van der Waals surface area contributed by atoms with Gasteiger partial charge in [0.05, 0.1) is 16.7 Å². The van der Waals surface area contributed by atoms with Crippen LogP contribution in [-0.4, -0.2) is 53.4 Å². The van der Waals surface area contributed by atoms with E-state index in [1.807, 2.05) is 0 Å². The molecule has 1 atom stereocenters. The number of ether oxygens (including phenoxy) is 1. The number of para-hydroxylation sites is 1. The molecule has 1 saturated heterocycles. The molecule has 0 radical (unpaired) electrons. The first-order valence-electron chi connectivity index (χ1n) is 12.6. The Kier molecular flexibility index (Phi) is 7.31. The van der Waals surface area contributed by atoms with Crippen molar-refractivity contribution < 1.29 is 41.9 Å². The van der Waals surface area contributed by atoms with Gasteiger partial charge in [0.2, 0.25) is 11.8 Å². The molecule has 0 spiro atoms. The fourth-order valence-corrected chi connectivity index (χ4v) is 4.89. The maximum Gasteiger partial charge on any atom is 0.573 e. The van der Waals surface area contributed by atoms with E-state index in [0.717, 1.165) is 16.5 Å². The van der Waals surface area contributed by atoms with Crippen LogP contribution in [0.4, 0.5) is 13.2 Å². The number of imide groups is 2. The van der Waals surface area contributed by atoms with Crippen molar-refractivity contribution in [3.05, 3.63) is 89.0 Å². The van der Waals surface area contributed by atoms with Crippen LogP contribution in [-0.2, 0) is 16.0 Å². The van der Waals surface area contributed by atoms with Crippen molar-refractivity contribution >= 4 is 29.5 Å². The van der Waals surface area contributed by atoms with Crippen LogP contribution in [0, 0.1) is 0 Å². The molecule has 9 nitrogen and oxygen atoms in total. The molecule has 41 heavy (non-hydrogen) atoms. The van der Waals surface area contributed by atoms with E-state index >= 15 is 0 Å². The van der Waals surface area contributed by atoms with Gasteiger partial charge >= 0.3 is 6.36 Å². The number of carbonyl (C=O) groups is 5. The summed E-state index contributed by atoms with van der Waals surface area (Å²) < 4.78 is 41.9. The molecule has 12 heteroatoms. The average Bonchev–Trinajstić information content (AvgIpc) is 3.18. The van der Waals surface area contributed by atoms with Crippen molar-refractivity contribution in [1.82, 2.24) is 15.5 Å². The van der Waals surface area contributed by atoms with Gasteiger partial charge in [-0.15, -0.1) is 13.2 Å². The van der Waals surface area contributed by atoms with Crippen LogP contribution < -0.4 is 15.4 Å². The number of fused-ring (bicyclic) bond motifs is 1. The van der Waals surface area contributed by atoms with E-state index in [1.165, 1.54) is 24.3 Å². The van der Waals surface area contributed by atoms with Crippen LogP contribution in [0.1, 0.15) is 49.5 Å². The van der Waals surface area contributed by atoms with Gasteiger partial charge in [-0.1, -0.05) is 48.5 Å². The molecule has 5 amide bonds. The second kappa shape index (κ2) is 10.9. The van der Waals surface area contributed by atoms with Crippen LogP contribution in [0.25, 0.3) is 11.1 Å². The molecular weight excluding hydrogens is 543 g/mol. The maximum absolute atomic E-state index is 13.3. The summed E-state index contributed by atoms with van der Waals surface area (Å²) in [5.41, 5.74) is 2.02. The highest BCUT2D eigenvalue weighted by molar-refractivity contribution is 6.25. The van der Waals surface area contributed by atoms with Crippen molar-refractivity contribution in [2.75, 3.05) is 6.54 Å². The summed E-state index contributed by atoms with van der Waals surface area (Å²) in [4.78, 5) is 63.7. The molecule has 2 heterocycles. The van der Waals surface area contributed by atoms with E-state index in [1.54, 1.807) is 36.4 Å². The summed E-state index contributed by atoms with van der Waals surface area (Å²) >= 11 is 0. The normalized spacial score (nSPS) is 16.9. The van der Waals surface area contributed by atoms with E-state index in [-0.39, 0.29) is 36.1 Å². The minimum atomic E-state index is -4.93. The summed E-state index contributed by atoms with van der Waals surface area (Å²) in [7, 11) is 0. The second-order valence-electron chi connectivity index (χ2n) is 9.42.